The largest absolute Gasteiger partial charge is 0.369 e. The number of hydrogen-bond acceptors (Lipinski definition) is 3. The second kappa shape index (κ2) is 4.30. The van der Waals surface area contributed by atoms with Gasteiger partial charge < -0.3 is 10.6 Å². The smallest absolute Gasteiger partial charge is 0.223 e. The number of amides is 2. The molecule has 5 nitrogen and oxygen atoms in total. The molecule has 1 aliphatic heterocycles. The minimum absolute atomic E-state index is 0.0133. The molecule has 0 aliphatic carbocycles. The van der Waals surface area contributed by atoms with E-state index < -0.39 is 5.91 Å². The van der Waals surface area contributed by atoms with Gasteiger partial charge >= 0.3 is 0 Å². The summed E-state index contributed by atoms with van der Waals surface area (Å²) in [5, 5.41) is 0. The molecule has 0 saturated carbocycles. The zero-order valence-corrected chi connectivity index (χ0v) is 8.80. The van der Waals surface area contributed by atoms with Crippen LogP contribution >= 0.6 is 0 Å². The van der Waals surface area contributed by atoms with Crippen molar-refractivity contribution in [3.63, 3.8) is 0 Å². The van der Waals surface area contributed by atoms with Crippen molar-refractivity contribution >= 4 is 11.8 Å². The summed E-state index contributed by atoms with van der Waals surface area (Å²) in [5.41, 5.74) is 6.20. The Kier molecular flexibility index (Phi) is 2.85. The van der Waals surface area contributed by atoms with Gasteiger partial charge in [-0.3, -0.25) is 14.6 Å². The van der Waals surface area contributed by atoms with Crippen molar-refractivity contribution < 1.29 is 9.59 Å². The van der Waals surface area contributed by atoms with Crippen LogP contribution in [0.1, 0.15) is 12.0 Å². The summed E-state index contributed by atoms with van der Waals surface area (Å²) in [4.78, 5) is 28.1. The maximum absolute atomic E-state index is 11.6. The summed E-state index contributed by atoms with van der Waals surface area (Å²) in [6, 6.07) is 3.70. The molecule has 1 aromatic heterocycles. The number of nitrogens with two attached hydrogens (primary N) is 1. The Bertz CT molecular complexity index is 405. The lowest BCUT2D eigenvalue weighted by Gasteiger charge is -2.15. The summed E-state index contributed by atoms with van der Waals surface area (Å²) < 4.78 is 0. The second-order valence-corrected chi connectivity index (χ2v) is 3.93. The summed E-state index contributed by atoms with van der Waals surface area (Å²) in [7, 11) is 0. The van der Waals surface area contributed by atoms with Gasteiger partial charge in [0.2, 0.25) is 11.8 Å². The first kappa shape index (κ1) is 10.6. The van der Waals surface area contributed by atoms with Crippen LogP contribution in [0.5, 0.6) is 0 Å². The maximum Gasteiger partial charge on any atom is 0.223 e. The van der Waals surface area contributed by atoms with E-state index in [0.29, 0.717) is 13.1 Å². The average molecular weight is 219 g/mol. The van der Waals surface area contributed by atoms with Gasteiger partial charge in [0.25, 0.3) is 0 Å². The molecule has 0 radical (unpaired) electrons. The Hall–Kier alpha value is -1.91. The minimum Gasteiger partial charge on any atom is -0.369 e. The number of hydrogen-bond donors (Lipinski definition) is 1. The van der Waals surface area contributed by atoms with Crippen LogP contribution in [0, 0.1) is 5.92 Å². The van der Waals surface area contributed by atoms with E-state index in [1.54, 1.807) is 17.3 Å². The lowest BCUT2D eigenvalue weighted by Crippen LogP contribution is -2.28. The van der Waals surface area contributed by atoms with E-state index in [9.17, 15) is 9.59 Å². The number of carbonyl (C=O) groups is 2. The molecule has 1 atom stereocenters. The third-order valence-electron chi connectivity index (χ3n) is 2.74. The number of aromatic nitrogens is 1. The predicted octanol–water partition coefficient (Wildman–Crippen LogP) is -0.0846. The summed E-state index contributed by atoms with van der Waals surface area (Å²) in [6.07, 6.45) is 3.60. The molecule has 5 heteroatoms. The van der Waals surface area contributed by atoms with Gasteiger partial charge in [-0.15, -0.1) is 0 Å². The SMILES string of the molecule is NC(=O)C1CC(=O)N(Cc2ccncc2)C1. The second-order valence-electron chi connectivity index (χ2n) is 3.93. The van der Waals surface area contributed by atoms with Crippen molar-refractivity contribution in [1.82, 2.24) is 9.88 Å². The molecule has 84 valence electrons. The number of likely N-dealkylation sites (tertiary alicyclic amines) is 1. The lowest BCUT2D eigenvalue weighted by atomic mass is 10.1. The summed E-state index contributed by atoms with van der Waals surface area (Å²) >= 11 is 0. The molecule has 1 aromatic rings. The van der Waals surface area contributed by atoms with E-state index in [1.165, 1.54) is 0 Å². The predicted molar refractivity (Wildman–Crippen MR) is 57.0 cm³/mol. The minimum atomic E-state index is -0.398. The van der Waals surface area contributed by atoms with E-state index in [0.717, 1.165) is 5.56 Å². The standard InChI is InChI=1S/C11H13N3O2/c12-11(16)9-5-10(15)14(7-9)6-8-1-3-13-4-2-8/h1-4,9H,5-7H2,(H2,12,16). The zero-order valence-electron chi connectivity index (χ0n) is 8.80. The first-order chi connectivity index (χ1) is 7.66. The highest BCUT2D eigenvalue weighted by Gasteiger charge is 2.32. The zero-order chi connectivity index (χ0) is 11.5. The summed E-state index contributed by atoms with van der Waals surface area (Å²) in [6.45, 7) is 0.946. The number of pyridine rings is 1. The van der Waals surface area contributed by atoms with Crippen molar-refractivity contribution in [2.24, 2.45) is 11.7 Å². The van der Waals surface area contributed by atoms with Crippen molar-refractivity contribution in [3.8, 4) is 0 Å². The Morgan fingerprint density at radius 2 is 2.19 bits per heavy atom. The van der Waals surface area contributed by atoms with Crippen molar-refractivity contribution in [1.29, 1.82) is 0 Å². The molecule has 1 saturated heterocycles. The van der Waals surface area contributed by atoms with Gasteiger partial charge in [0.05, 0.1) is 5.92 Å². The fraction of sp³-hybridized carbons (Fsp3) is 0.364. The van der Waals surface area contributed by atoms with E-state index in [2.05, 4.69) is 4.98 Å². The van der Waals surface area contributed by atoms with Crippen LogP contribution < -0.4 is 5.73 Å². The highest BCUT2D eigenvalue weighted by atomic mass is 16.2. The van der Waals surface area contributed by atoms with Gasteiger partial charge in [0, 0.05) is 31.9 Å². The van der Waals surface area contributed by atoms with Crippen LogP contribution in [-0.4, -0.2) is 28.2 Å². The molecule has 2 heterocycles. The average Bonchev–Trinajstić information content (AvgIpc) is 2.62. The molecule has 1 fully saturated rings. The fourth-order valence-corrected chi connectivity index (χ4v) is 1.82. The van der Waals surface area contributed by atoms with Crippen LogP contribution in [-0.2, 0) is 16.1 Å². The normalized spacial score (nSPS) is 20.1. The molecule has 0 bridgehead atoms. The van der Waals surface area contributed by atoms with Gasteiger partial charge in [-0.2, -0.15) is 0 Å². The van der Waals surface area contributed by atoms with Gasteiger partial charge in [-0.1, -0.05) is 0 Å². The number of rotatable bonds is 3. The first-order valence-electron chi connectivity index (χ1n) is 5.13. The quantitative estimate of drug-likeness (QED) is 0.772. The Balaban J connectivity index is 2.02. The molecule has 1 aliphatic rings. The van der Waals surface area contributed by atoms with Gasteiger partial charge in [0.1, 0.15) is 0 Å². The summed E-state index contributed by atoms with van der Waals surface area (Å²) in [5.74, 6) is -0.750. The Morgan fingerprint density at radius 1 is 1.50 bits per heavy atom. The lowest BCUT2D eigenvalue weighted by molar-refractivity contribution is -0.128. The fourth-order valence-electron chi connectivity index (χ4n) is 1.82. The van der Waals surface area contributed by atoms with Crippen LogP contribution in [0.3, 0.4) is 0 Å². The number of nitrogens with zero attached hydrogens (tertiary/aromatic N) is 2. The van der Waals surface area contributed by atoms with Gasteiger partial charge in [-0.25, -0.2) is 0 Å². The van der Waals surface area contributed by atoms with Crippen molar-refractivity contribution in [2.75, 3.05) is 6.54 Å². The molecule has 2 amide bonds. The molecular formula is C11H13N3O2. The number of primary amides is 1. The molecule has 16 heavy (non-hydrogen) atoms. The molecule has 2 rings (SSSR count). The number of carbonyl (C=O) groups excluding carboxylic acids is 2. The van der Waals surface area contributed by atoms with E-state index >= 15 is 0 Å². The van der Waals surface area contributed by atoms with Crippen LogP contribution in [0.2, 0.25) is 0 Å². The topological polar surface area (TPSA) is 76.3 Å². The Morgan fingerprint density at radius 3 is 2.75 bits per heavy atom. The van der Waals surface area contributed by atoms with Crippen LogP contribution in [0.4, 0.5) is 0 Å². The van der Waals surface area contributed by atoms with E-state index in [4.69, 9.17) is 5.73 Å². The van der Waals surface area contributed by atoms with E-state index in [-0.39, 0.29) is 18.2 Å². The maximum atomic E-state index is 11.6. The monoisotopic (exact) mass is 219 g/mol. The van der Waals surface area contributed by atoms with Crippen LogP contribution in [0.15, 0.2) is 24.5 Å². The van der Waals surface area contributed by atoms with Gasteiger partial charge in [-0.05, 0) is 17.7 Å². The molecule has 1 unspecified atom stereocenters. The molecule has 0 aromatic carbocycles. The third-order valence-corrected chi connectivity index (χ3v) is 2.74. The molecule has 0 spiro atoms. The van der Waals surface area contributed by atoms with E-state index in [1.807, 2.05) is 12.1 Å². The van der Waals surface area contributed by atoms with Crippen molar-refractivity contribution in [3.05, 3.63) is 30.1 Å². The Labute approximate surface area is 93.3 Å². The molecule has 2 N–H and O–H groups in total. The van der Waals surface area contributed by atoms with Gasteiger partial charge in [0.15, 0.2) is 0 Å². The molecular weight excluding hydrogens is 206 g/mol. The van der Waals surface area contributed by atoms with Crippen molar-refractivity contribution in [2.45, 2.75) is 13.0 Å². The first-order valence-corrected chi connectivity index (χ1v) is 5.13. The van der Waals surface area contributed by atoms with Crippen LogP contribution in [0.25, 0.3) is 0 Å². The third kappa shape index (κ3) is 2.18. The highest BCUT2D eigenvalue weighted by Crippen LogP contribution is 2.19. The highest BCUT2D eigenvalue weighted by molar-refractivity contribution is 5.88.